The van der Waals surface area contributed by atoms with Crippen LogP contribution < -0.4 is 0 Å². The largest absolute Gasteiger partial charge is 0.240 e. The van der Waals surface area contributed by atoms with Gasteiger partial charge in [-0.2, -0.15) is 0 Å². The van der Waals surface area contributed by atoms with E-state index in [9.17, 15) is 4.39 Å². The highest BCUT2D eigenvalue weighted by Crippen LogP contribution is 2.15. The maximum absolute atomic E-state index is 11.7. The summed E-state index contributed by atoms with van der Waals surface area (Å²) in [5, 5.41) is 0. The highest BCUT2D eigenvalue weighted by Gasteiger charge is 1.90. The maximum atomic E-state index is 11.7. The van der Waals surface area contributed by atoms with E-state index in [1.165, 1.54) is 49.4 Å². The summed E-state index contributed by atoms with van der Waals surface area (Å²) in [5.41, 5.74) is 0. The number of rotatable bonds is 9. The summed E-state index contributed by atoms with van der Waals surface area (Å²) in [6.45, 7) is 2.24. The van der Waals surface area contributed by atoms with Gasteiger partial charge < -0.3 is 0 Å². The smallest absolute Gasteiger partial charge is 0.132 e. The van der Waals surface area contributed by atoms with Crippen LogP contribution in [0, 0.1) is 0 Å². The van der Waals surface area contributed by atoms with E-state index in [1.807, 2.05) is 0 Å². The highest BCUT2D eigenvalue weighted by molar-refractivity contribution is 14.2. The molecule has 0 rings (SSSR count). The van der Waals surface area contributed by atoms with E-state index in [-0.39, 0.29) is 25.9 Å². The summed E-state index contributed by atoms with van der Waals surface area (Å²) in [7, 11) is 0. The first-order chi connectivity index (χ1) is 5.91. The monoisotopic (exact) mass is 287 g/mol. The molecule has 0 unspecified atom stereocenters. The predicted molar refractivity (Wildman–Crippen MR) is 62.9 cm³/mol. The van der Waals surface area contributed by atoms with Crippen LogP contribution in [0.4, 0.5) is 4.39 Å². The molecule has 0 N–H and O–H groups in total. The van der Waals surface area contributed by atoms with Crippen molar-refractivity contribution in [3.8, 4) is 0 Å². The van der Waals surface area contributed by atoms with Gasteiger partial charge >= 0.3 is 0 Å². The molecule has 0 aliphatic heterocycles. The van der Waals surface area contributed by atoms with Gasteiger partial charge in [0.1, 0.15) is 4.68 Å². The molecule has 0 aliphatic rings. The molecule has 0 aliphatic carbocycles. The Bertz CT molecular complexity index is 66.2. The van der Waals surface area contributed by atoms with E-state index in [0.717, 1.165) is 0 Å². The number of halogens is 2. The van der Waals surface area contributed by atoms with Crippen molar-refractivity contribution in [3.05, 3.63) is 0 Å². The Balaban J connectivity index is 2.73. The minimum Gasteiger partial charge on any atom is -0.240 e. The van der Waals surface area contributed by atoms with Gasteiger partial charge in [-0.25, -0.2) is 4.39 Å². The molecule has 0 spiro atoms. The highest BCUT2D eigenvalue weighted by atomic mass is 127. The Morgan fingerprint density at radius 3 is 2.08 bits per heavy atom. The molecule has 0 aromatic carbocycles. The average molecular weight is 287 g/mol. The maximum Gasteiger partial charge on any atom is 0.132 e. The summed E-state index contributed by atoms with van der Waals surface area (Å²) in [6.07, 6.45) is 9.49. The Labute approximate surface area is 86.6 Å². The molecule has 0 aromatic heterocycles. The van der Waals surface area contributed by atoms with Crippen molar-refractivity contribution in [2.24, 2.45) is 0 Å². The van der Waals surface area contributed by atoms with E-state index in [2.05, 4.69) is 6.92 Å². The molecule has 1 radical (unpaired) electrons. The molecule has 0 nitrogen and oxygen atoms in total. The number of hydrogen-bond donors (Lipinski definition) is 0. The molecule has 75 valence electrons. The summed E-state index contributed by atoms with van der Waals surface area (Å²) in [5.74, 6) is 0. The van der Waals surface area contributed by atoms with Gasteiger partial charge in [0.25, 0.3) is 0 Å². The van der Waals surface area contributed by atoms with Crippen molar-refractivity contribution in [3.63, 3.8) is 0 Å². The average Bonchev–Trinajstić information content (AvgIpc) is 2.10. The minimum absolute atomic E-state index is 0.0191. The number of alkyl halides is 3. The summed E-state index contributed by atoms with van der Waals surface area (Å²) >= 11 is -0.0680. The zero-order chi connectivity index (χ0) is 9.07. The van der Waals surface area contributed by atoms with Crippen molar-refractivity contribution < 1.29 is 4.39 Å². The number of unbranched alkanes of at least 4 members (excludes halogenated alkanes) is 6. The van der Waals surface area contributed by atoms with E-state index in [4.69, 9.17) is 0 Å². The van der Waals surface area contributed by atoms with Crippen LogP contribution in [0.3, 0.4) is 0 Å². The van der Waals surface area contributed by atoms with Crippen molar-refractivity contribution in [1.29, 1.82) is 0 Å². The van der Waals surface area contributed by atoms with E-state index in [0.29, 0.717) is 0 Å². The molecular weight excluding hydrogens is 266 g/mol. The Morgan fingerprint density at radius 2 is 1.50 bits per heavy atom. The fraction of sp³-hybridized carbons (Fsp3) is 1.00. The third kappa shape index (κ3) is 10.7. The molecule has 0 saturated carbocycles. The van der Waals surface area contributed by atoms with Crippen molar-refractivity contribution in [1.82, 2.24) is 0 Å². The van der Waals surface area contributed by atoms with Crippen LogP contribution in [-0.2, 0) is 0 Å². The lowest BCUT2D eigenvalue weighted by molar-refractivity contribution is 0.604. The zero-order valence-electron chi connectivity index (χ0n) is 8.12. The lowest BCUT2D eigenvalue weighted by Crippen LogP contribution is -1.81. The first-order valence-electron chi connectivity index (χ1n) is 5.01. The fourth-order valence-corrected chi connectivity index (χ4v) is 2.56. The molecule has 0 amide bonds. The second-order valence-electron chi connectivity index (χ2n) is 3.10. The van der Waals surface area contributed by atoms with E-state index in [1.54, 1.807) is 0 Å². The van der Waals surface area contributed by atoms with Gasteiger partial charge in [0.05, 0.1) is 0 Å². The molecular formula is C10H21FI. The van der Waals surface area contributed by atoms with Gasteiger partial charge in [-0.1, -0.05) is 45.4 Å². The first-order valence-corrected chi connectivity index (χ1v) is 8.06. The van der Waals surface area contributed by atoms with Crippen LogP contribution in [0.1, 0.15) is 51.9 Å². The van der Waals surface area contributed by atoms with Crippen LogP contribution in [0.5, 0.6) is 0 Å². The Hall–Kier alpha value is 0.660. The van der Waals surface area contributed by atoms with Gasteiger partial charge in [0.15, 0.2) is 0 Å². The SMILES string of the molecule is CCCCCCCCC[I]CF. The topological polar surface area (TPSA) is 0 Å². The third-order valence-electron chi connectivity index (χ3n) is 1.94. The molecule has 0 atom stereocenters. The van der Waals surface area contributed by atoms with Gasteiger partial charge in [-0.15, -0.1) is 21.2 Å². The molecule has 12 heavy (non-hydrogen) atoms. The van der Waals surface area contributed by atoms with Crippen LogP contribution in [0.15, 0.2) is 0 Å². The summed E-state index contributed by atoms with van der Waals surface area (Å²) in [4.78, 5) is 0. The summed E-state index contributed by atoms with van der Waals surface area (Å²) in [6, 6.07) is 0. The van der Waals surface area contributed by atoms with Crippen LogP contribution in [0.2, 0.25) is 0 Å². The lowest BCUT2D eigenvalue weighted by atomic mass is 10.1. The Morgan fingerprint density at radius 1 is 0.917 bits per heavy atom. The normalized spacial score (nSPS) is 10.5. The Kier molecular flexibility index (Phi) is 12.3. The first kappa shape index (κ1) is 12.7. The summed E-state index contributed by atoms with van der Waals surface area (Å²) < 4.78 is 12.9. The van der Waals surface area contributed by atoms with Crippen LogP contribution >= 0.6 is 21.2 Å². The molecule has 2 heteroatoms. The lowest BCUT2D eigenvalue weighted by Gasteiger charge is -1.99. The van der Waals surface area contributed by atoms with Gasteiger partial charge in [-0.3, -0.25) is 0 Å². The third-order valence-corrected chi connectivity index (χ3v) is 3.88. The van der Waals surface area contributed by atoms with Crippen molar-refractivity contribution in [2.45, 2.75) is 51.9 Å². The second-order valence-corrected chi connectivity index (χ2v) is 5.83. The number of hydrogen-bond acceptors (Lipinski definition) is 0. The quantitative estimate of drug-likeness (QED) is 0.329. The van der Waals surface area contributed by atoms with Crippen molar-refractivity contribution in [2.75, 3.05) is 9.11 Å². The standard InChI is InChI=1S/C10H21FI/c1-2-3-4-5-6-7-8-9-12-10-11/h2-10H2,1H3. The minimum atomic E-state index is -0.0680. The second kappa shape index (κ2) is 11.7. The van der Waals surface area contributed by atoms with E-state index < -0.39 is 0 Å². The zero-order valence-corrected chi connectivity index (χ0v) is 10.3. The molecule has 0 bridgehead atoms. The predicted octanol–water partition coefficient (Wildman–Crippen LogP) is 4.63. The van der Waals surface area contributed by atoms with Crippen LogP contribution in [-0.4, -0.2) is 9.11 Å². The molecule has 0 fully saturated rings. The molecule has 0 saturated heterocycles. The van der Waals surface area contributed by atoms with Crippen molar-refractivity contribution >= 4 is 21.2 Å². The van der Waals surface area contributed by atoms with Gasteiger partial charge in [0.2, 0.25) is 0 Å². The van der Waals surface area contributed by atoms with E-state index >= 15 is 0 Å². The molecule has 0 heterocycles. The van der Waals surface area contributed by atoms with Crippen LogP contribution in [0.25, 0.3) is 0 Å². The fourth-order valence-electron chi connectivity index (χ4n) is 1.20. The van der Waals surface area contributed by atoms with Gasteiger partial charge in [-0.05, 0) is 10.8 Å². The van der Waals surface area contributed by atoms with Gasteiger partial charge in [0, 0.05) is 0 Å². The molecule has 0 aromatic rings.